The Kier molecular flexibility index (Phi) is 7.54. The van der Waals surface area contributed by atoms with E-state index in [-0.39, 0.29) is 5.91 Å². The molecule has 1 saturated heterocycles. The van der Waals surface area contributed by atoms with Gasteiger partial charge in [0.05, 0.1) is 12.2 Å². The summed E-state index contributed by atoms with van der Waals surface area (Å²) < 4.78 is 5.44. The fourth-order valence-corrected chi connectivity index (χ4v) is 3.90. The van der Waals surface area contributed by atoms with Crippen molar-refractivity contribution in [2.24, 2.45) is 11.8 Å². The zero-order valence-electron chi connectivity index (χ0n) is 20.7. The van der Waals surface area contributed by atoms with Gasteiger partial charge in [-0.1, -0.05) is 25.6 Å². The first kappa shape index (κ1) is 24.5. The van der Waals surface area contributed by atoms with E-state index in [2.05, 4.69) is 51.5 Å². The predicted octanol–water partition coefficient (Wildman–Crippen LogP) is 2.55. The first-order valence-corrected chi connectivity index (χ1v) is 12.1. The van der Waals surface area contributed by atoms with E-state index < -0.39 is 0 Å². The quantitative estimate of drug-likeness (QED) is 0.227. The number of carbonyl (C=O) groups is 1. The normalized spacial score (nSPS) is 16.4. The number of hydrogen-bond donors (Lipinski definition) is 4. The van der Waals surface area contributed by atoms with Crippen molar-refractivity contribution in [3.8, 4) is 0 Å². The van der Waals surface area contributed by atoms with Crippen molar-refractivity contribution in [2.45, 2.75) is 46.1 Å². The molecule has 2 aromatic heterocycles. The maximum Gasteiger partial charge on any atom is 0.227 e. The molecule has 35 heavy (non-hydrogen) atoms. The van der Waals surface area contributed by atoms with Gasteiger partial charge in [-0.25, -0.2) is 0 Å². The molecular formula is C24H35N9O2. The van der Waals surface area contributed by atoms with Gasteiger partial charge in [0, 0.05) is 62.5 Å². The average molecular weight is 482 g/mol. The average Bonchev–Trinajstić information content (AvgIpc) is 3.57. The molecule has 11 nitrogen and oxygen atoms in total. The van der Waals surface area contributed by atoms with Crippen LogP contribution < -0.4 is 26.8 Å². The summed E-state index contributed by atoms with van der Waals surface area (Å²) in [6.07, 6.45) is 4.17. The first-order chi connectivity index (χ1) is 16.8. The summed E-state index contributed by atoms with van der Waals surface area (Å²) >= 11 is 0. The van der Waals surface area contributed by atoms with Crippen LogP contribution in [0.1, 0.15) is 51.0 Å². The van der Waals surface area contributed by atoms with Crippen LogP contribution in [0.15, 0.2) is 40.7 Å². The number of anilines is 3. The fourth-order valence-electron chi connectivity index (χ4n) is 3.90. The van der Waals surface area contributed by atoms with E-state index in [1.54, 1.807) is 6.92 Å². The summed E-state index contributed by atoms with van der Waals surface area (Å²) in [6, 6.07) is 3.83. The number of amides is 1. The molecule has 1 aliphatic heterocycles. The van der Waals surface area contributed by atoms with Gasteiger partial charge in [0.2, 0.25) is 11.9 Å². The minimum Gasteiger partial charge on any atom is -0.359 e. The molecule has 2 aliphatic rings. The van der Waals surface area contributed by atoms with E-state index in [0.29, 0.717) is 67.8 Å². The van der Waals surface area contributed by atoms with Crippen molar-refractivity contribution in [2.75, 3.05) is 41.7 Å². The van der Waals surface area contributed by atoms with Crippen LogP contribution >= 0.6 is 0 Å². The van der Waals surface area contributed by atoms with Crippen molar-refractivity contribution in [3.63, 3.8) is 0 Å². The zero-order valence-corrected chi connectivity index (χ0v) is 20.7. The number of rotatable bonds is 10. The molecule has 0 radical (unpaired) electrons. The molecule has 1 amide bonds. The van der Waals surface area contributed by atoms with E-state index in [1.165, 1.54) is 0 Å². The Bertz CT molecular complexity index is 1080. The van der Waals surface area contributed by atoms with Gasteiger partial charge in [-0.3, -0.25) is 10.6 Å². The Balaban J connectivity index is 1.51. The van der Waals surface area contributed by atoms with Crippen molar-refractivity contribution in [1.29, 1.82) is 0 Å². The minimum atomic E-state index is 0.0907. The van der Waals surface area contributed by atoms with Gasteiger partial charge in [-0.2, -0.15) is 9.97 Å². The predicted molar refractivity (Wildman–Crippen MR) is 135 cm³/mol. The lowest BCUT2D eigenvalue weighted by Gasteiger charge is -2.35. The smallest absolute Gasteiger partial charge is 0.227 e. The SMILES string of the molecule is C=C(/C=C(\NN)C1CC1)Nc1cc(N2CCN(C(C)=O)CC2)nc(NCc2cc(C(C)C)no2)n1. The van der Waals surface area contributed by atoms with Gasteiger partial charge >= 0.3 is 0 Å². The third-order valence-corrected chi connectivity index (χ3v) is 6.15. The van der Waals surface area contributed by atoms with Gasteiger partial charge in [-0.15, -0.1) is 0 Å². The molecule has 0 spiro atoms. The molecule has 0 aromatic carbocycles. The van der Waals surface area contributed by atoms with Crippen LogP contribution in [0.3, 0.4) is 0 Å². The van der Waals surface area contributed by atoms with E-state index >= 15 is 0 Å². The third kappa shape index (κ3) is 6.50. The number of nitrogens with one attached hydrogen (secondary N) is 3. The van der Waals surface area contributed by atoms with Gasteiger partial charge in [0.25, 0.3) is 0 Å². The lowest BCUT2D eigenvalue weighted by Crippen LogP contribution is -2.48. The van der Waals surface area contributed by atoms with Crippen molar-refractivity contribution >= 4 is 23.5 Å². The molecule has 0 atom stereocenters. The van der Waals surface area contributed by atoms with Crippen LogP contribution in [0.4, 0.5) is 17.6 Å². The highest BCUT2D eigenvalue weighted by Crippen LogP contribution is 2.35. The summed E-state index contributed by atoms with van der Waals surface area (Å²) in [5, 5.41) is 10.6. The molecule has 3 heterocycles. The monoisotopic (exact) mass is 481 g/mol. The number of piperazine rings is 1. The topological polar surface area (TPSA) is 137 Å². The Morgan fingerprint density at radius 1 is 1.26 bits per heavy atom. The number of nitrogens with zero attached hydrogens (tertiary/aromatic N) is 5. The zero-order chi connectivity index (χ0) is 24.9. The molecule has 0 bridgehead atoms. The molecule has 4 rings (SSSR count). The first-order valence-electron chi connectivity index (χ1n) is 12.1. The molecule has 2 aromatic rings. The van der Waals surface area contributed by atoms with Crippen LogP contribution in [-0.2, 0) is 11.3 Å². The van der Waals surface area contributed by atoms with Crippen LogP contribution in [0.25, 0.3) is 0 Å². The van der Waals surface area contributed by atoms with Gasteiger partial charge < -0.3 is 30.4 Å². The lowest BCUT2D eigenvalue weighted by atomic mass is 10.1. The molecule has 2 fully saturated rings. The summed E-state index contributed by atoms with van der Waals surface area (Å²) in [5.41, 5.74) is 5.32. The van der Waals surface area contributed by atoms with Gasteiger partial charge in [0.15, 0.2) is 5.76 Å². The molecule has 5 N–H and O–H groups in total. The summed E-state index contributed by atoms with van der Waals surface area (Å²) in [4.78, 5) is 25.1. The Morgan fingerprint density at radius 3 is 2.60 bits per heavy atom. The largest absolute Gasteiger partial charge is 0.359 e. The number of aromatic nitrogens is 3. The Hall–Kier alpha value is -3.60. The maximum atomic E-state index is 11.7. The highest BCUT2D eigenvalue weighted by atomic mass is 16.5. The van der Waals surface area contributed by atoms with E-state index in [9.17, 15) is 4.79 Å². The second-order valence-electron chi connectivity index (χ2n) is 9.32. The number of hydrazine groups is 1. The molecule has 1 saturated carbocycles. The van der Waals surface area contributed by atoms with Crippen molar-refractivity contribution in [1.82, 2.24) is 25.5 Å². The van der Waals surface area contributed by atoms with Gasteiger partial charge in [-0.05, 0) is 24.8 Å². The van der Waals surface area contributed by atoms with Crippen LogP contribution in [0.2, 0.25) is 0 Å². The summed E-state index contributed by atoms with van der Waals surface area (Å²) in [7, 11) is 0. The van der Waals surface area contributed by atoms with E-state index in [1.807, 2.05) is 23.1 Å². The molecule has 188 valence electrons. The second kappa shape index (κ2) is 10.8. The number of hydrogen-bond acceptors (Lipinski definition) is 10. The fraction of sp³-hybridized carbons (Fsp3) is 0.500. The number of allylic oxidation sites excluding steroid dienone is 2. The highest BCUT2D eigenvalue weighted by molar-refractivity contribution is 5.73. The Labute approximate surface area is 205 Å². The number of carbonyl (C=O) groups excluding carboxylic acids is 1. The number of nitrogens with two attached hydrogens (primary N) is 1. The summed E-state index contributed by atoms with van der Waals surface area (Å²) in [5.74, 6) is 9.07. The molecular weight excluding hydrogens is 446 g/mol. The molecule has 1 aliphatic carbocycles. The van der Waals surface area contributed by atoms with Crippen LogP contribution in [0.5, 0.6) is 0 Å². The van der Waals surface area contributed by atoms with Crippen molar-refractivity contribution in [3.05, 3.63) is 47.6 Å². The standard InChI is InChI=1S/C24H35N9O2/c1-15(2)20-12-19(35-31-20)14-26-24-28-22(27-16(3)11-21(30-25)18-5-6-18)13-23(29-24)33-9-7-32(8-10-33)17(4)34/h11-13,15,18,30H,3,5-10,14,25H2,1-2,4H3,(H2,26,27,28,29)/b21-11-. The summed E-state index contributed by atoms with van der Waals surface area (Å²) in [6.45, 7) is 13.0. The van der Waals surface area contributed by atoms with Crippen LogP contribution in [-0.4, -0.2) is 52.1 Å². The Morgan fingerprint density at radius 2 is 2.00 bits per heavy atom. The maximum absolute atomic E-state index is 11.7. The van der Waals surface area contributed by atoms with Crippen LogP contribution in [0, 0.1) is 5.92 Å². The molecule has 11 heteroatoms. The van der Waals surface area contributed by atoms with E-state index in [0.717, 1.165) is 30.1 Å². The second-order valence-corrected chi connectivity index (χ2v) is 9.32. The van der Waals surface area contributed by atoms with Gasteiger partial charge in [0.1, 0.15) is 11.6 Å². The minimum absolute atomic E-state index is 0.0907. The van der Waals surface area contributed by atoms with E-state index in [4.69, 9.17) is 15.3 Å². The lowest BCUT2D eigenvalue weighted by molar-refractivity contribution is -0.129. The third-order valence-electron chi connectivity index (χ3n) is 6.15. The van der Waals surface area contributed by atoms with Crippen molar-refractivity contribution < 1.29 is 9.32 Å². The molecule has 0 unspecified atom stereocenters. The highest BCUT2D eigenvalue weighted by Gasteiger charge is 2.26.